The Hall–Kier alpha value is -3.62. The van der Waals surface area contributed by atoms with Crippen LogP contribution in [-0.2, 0) is 16.0 Å². The van der Waals surface area contributed by atoms with Crippen LogP contribution in [0.5, 0.6) is 0 Å². The molecule has 0 aliphatic carbocycles. The zero-order chi connectivity index (χ0) is 22.1. The number of anilines is 1. The second kappa shape index (κ2) is 10.2. The third kappa shape index (κ3) is 7.08. The lowest BCUT2D eigenvalue weighted by molar-refractivity contribution is -0.192. The van der Waals surface area contributed by atoms with E-state index in [0.717, 1.165) is 28.9 Å². The number of aryl methyl sites for hydroxylation is 2. The van der Waals surface area contributed by atoms with E-state index >= 15 is 0 Å². The van der Waals surface area contributed by atoms with Gasteiger partial charge in [-0.15, -0.1) is 0 Å². The topological polar surface area (TPSA) is 95.1 Å². The molecule has 1 heterocycles. The molecule has 6 nitrogen and oxygen atoms in total. The highest BCUT2D eigenvalue weighted by atomic mass is 19.4. The highest BCUT2D eigenvalue weighted by Crippen LogP contribution is 2.23. The molecule has 9 heteroatoms. The van der Waals surface area contributed by atoms with Gasteiger partial charge in [0, 0.05) is 23.4 Å². The van der Waals surface area contributed by atoms with Gasteiger partial charge in [-0.3, -0.25) is 9.89 Å². The summed E-state index contributed by atoms with van der Waals surface area (Å²) in [5.74, 6) is -2.73. The summed E-state index contributed by atoms with van der Waals surface area (Å²) < 4.78 is 31.7. The molecule has 1 amide bonds. The number of rotatable bonds is 5. The minimum Gasteiger partial charge on any atom is -0.475 e. The van der Waals surface area contributed by atoms with Crippen molar-refractivity contribution in [1.82, 2.24) is 10.2 Å². The summed E-state index contributed by atoms with van der Waals surface area (Å²) in [4.78, 5) is 20.9. The van der Waals surface area contributed by atoms with Gasteiger partial charge in [0.05, 0.1) is 6.20 Å². The quantitative estimate of drug-likeness (QED) is 0.564. The van der Waals surface area contributed by atoms with Crippen LogP contribution in [0, 0.1) is 6.92 Å². The fraction of sp³-hybridized carbons (Fsp3) is 0.190. The van der Waals surface area contributed by atoms with Crippen LogP contribution in [0.4, 0.5) is 18.9 Å². The van der Waals surface area contributed by atoms with Crippen LogP contribution in [0.3, 0.4) is 0 Å². The first-order valence-corrected chi connectivity index (χ1v) is 8.91. The maximum absolute atomic E-state index is 12.0. The molecule has 0 saturated heterocycles. The van der Waals surface area contributed by atoms with Gasteiger partial charge in [-0.25, -0.2) is 4.79 Å². The van der Waals surface area contributed by atoms with Crippen molar-refractivity contribution in [3.8, 4) is 11.1 Å². The molecular formula is C21H20F3N3O3. The molecule has 0 fully saturated rings. The number of nitrogens with zero attached hydrogens (tertiary/aromatic N) is 1. The molecule has 0 saturated carbocycles. The van der Waals surface area contributed by atoms with Crippen LogP contribution >= 0.6 is 0 Å². The van der Waals surface area contributed by atoms with Crippen LogP contribution in [0.15, 0.2) is 60.8 Å². The number of carbonyl (C=O) groups excluding carboxylic acids is 1. The number of amides is 1. The molecule has 0 aliphatic rings. The monoisotopic (exact) mass is 419 g/mol. The van der Waals surface area contributed by atoms with Gasteiger partial charge in [-0.2, -0.15) is 18.3 Å². The Bertz CT molecular complexity index is 968. The Morgan fingerprint density at radius 1 is 1.07 bits per heavy atom. The van der Waals surface area contributed by atoms with Crippen molar-refractivity contribution in [2.24, 2.45) is 0 Å². The lowest BCUT2D eigenvalue weighted by Gasteiger charge is -2.07. The number of aromatic amines is 1. The van der Waals surface area contributed by atoms with Crippen molar-refractivity contribution in [3.05, 3.63) is 72.1 Å². The van der Waals surface area contributed by atoms with Crippen LogP contribution in [-0.4, -0.2) is 33.4 Å². The first kappa shape index (κ1) is 22.7. The van der Waals surface area contributed by atoms with Gasteiger partial charge in [0.2, 0.25) is 5.91 Å². The normalized spacial score (nSPS) is 10.7. The smallest absolute Gasteiger partial charge is 0.475 e. The molecular weight excluding hydrogens is 399 g/mol. The van der Waals surface area contributed by atoms with Gasteiger partial charge in [-0.05, 0) is 36.6 Å². The number of halogens is 3. The Morgan fingerprint density at radius 3 is 2.17 bits per heavy atom. The number of benzene rings is 2. The van der Waals surface area contributed by atoms with Crippen molar-refractivity contribution >= 4 is 17.6 Å². The van der Waals surface area contributed by atoms with Crippen molar-refractivity contribution in [2.75, 3.05) is 5.32 Å². The van der Waals surface area contributed by atoms with Crippen molar-refractivity contribution < 1.29 is 27.9 Å². The standard InChI is InChI=1S/C19H19N3O.C2HF3O2/c1-14-18(13-20-22-14)16-8-10-17(11-9-16)21-19(23)12-7-15-5-3-2-4-6-15;3-2(4,5)1(6)7/h2-6,8-11,13H,7,12H2,1H3,(H,20,22)(H,21,23);(H,6,7). The fourth-order valence-corrected chi connectivity index (χ4v) is 2.50. The predicted molar refractivity (Wildman–Crippen MR) is 106 cm³/mol. The first-order chi connectivity index (χ1) is 14.2. The number of nitrogens with one attached hydrogen (secondary N) is 2. The van der Waals surface area contributed by atoms with E-state index in [1.165, 1.54) is 5.56 Å². The van der Waals surface area contributed by atoms with Gasteiger partial charge in [0.25, 0.3) is 0 Å². The van der Waals surface area contributed by atoms with Crippen LogP contribution in [0.1, 0.15) is 17.7 Å². The van der Waals surface area contributed by atoms with E-state index in [9.17, 15) is 18.0 Å². The van der Waals surface area contributed by atoms with Gasteiger partial charge < -0.3 is 10.4 Å². The predicted octanol–water partition coefficient (Wildman–Crippen LogP) is 4.59. The summed E-state index contributed by atoms with van der Waals surface area (Å²) in [7, 11) is 0. The molecule has 158 valence electrons. The summed E-state index contributed by atoms with van der Waals surface area (Å²) in [6.45, 7) is 1.99. The molecule has 3 N–H and O–H groups in total. The third-order valence-electron chi connectivity index (χ3n) is 4.04. The minimum atomic E-state index is -5.08. The Kier molecular flexibility index (Phi) is 7.74. The van der Waals surface area contributed by atoms with Gasteiger partial charge >= 0.3 is 12.1 Å². The molecule has 1 aromatic heterocycles. The SMILES string of the molecule is Cc1[nH]ncc1-c1ccc(NC(=O)CCc2ccccc2)cc1.O=C(O)C(F)(F)F. The maximum atomic E-state index is 12.0. The summed E-state index contributed by atoms with van der Waals surface area (Å²) in [5.41, 5.74) is 5.18. The van der Waals surface area contributed by atoms with Crippen LogP contribution in [0.25, 0.3) is 11.1 Å². The number of alkyl halides is 3. The second-order valence-electron chi connectivity index (χ2n) is 6.32. The number of H-pyrrole nitrogens is 1. The molecule has 30 heavy (non-hydrogen) atoms. The molecule has 3 rings (SSSR count). The van der Waals surface area contributed by atoms with Gasteiger partial charge in [0.1, 0.15) is 0 Å². The Balaban J connectivity index is 0.000000396. The molecule has 3 aromatic rings. The van der Waals surface area contributed by atoms with E-state index < -0.39 is 12.1 Å². The van der Waals surface area contributed by atoms with E-state index in [1.54, 1.807) is 0 Å². The highest BCUT2D eigenvalue weighted by molar-refractivity contribution is 5.91. The fourth-order valence-electron chi connectivity index (χ4n) is 2.50. The average molecular weight is 419 g/mol. The third-order valence-corrected chi connectivity index (χ3v) is 4.04. The number of aliphatic carboxylic acids is 1. The number of carboxylic acid groups (broad SMARTS) is 1. The van der Waals surface area contributed by atoms with Crippen molar-refractivity contribution in [3.63, 3.8) is 0 Å². The van der Waals surface area contributed by atoms with Crippen LogP contribution < -0.4 is 5.32 Å². The second-order valence-corrected chi connectivity index (χ2v) is 6.32. The average Bonchev–Trinajstić information content (AvgIpc) is 3.13. The molecule has 0 radical (unpaired) electrons. The molecule has 0 aliphatic heterocycles. The van der Waals surface area contributed by atoms with E-state index in [4.69, 9.17) is 9.90 Å². The lowest BCUT2D eigenvalue weighted by Crippen LogP contribution is -2.21. The summed E-state index contributed by atoms with van der Waals surface area (Å²) in [5, 5.41) is 17.0. The molecule has 0 spiro atoms. The highest BCUT2D eigenvalue weighted by Gasteiger charge is 2.38. The van der Waals surface area contributed by atoms with Crippen LogP contribution in [0.2, 0.25) is 0 Å². The summed E-state index contributed by atoms with van der Waals surface area (Å²) in [6.07, 6.45) is -2.05. The molecule has 0 atom stereocenters. The molecule has 0 unspecified atom stereocenters. The number of carbonyl (C=O) groups is 2. The minimum absolute atomic E-state index is 0.0288. The zero-order valence-electron chi connectivity index (χ0n) is 16.0. The van der Waals surface area contributed by atoms with Gasteiger partial charge in [-0.1, -0.05) is 42.5 Å². The van der Waals surface area contributed by atoms with E-state index in [-0.39, 0.29) is 5.91 Å². The van der Waals surface area contributed by atoms with E-state index in [2.05, 4.69) is 15.5 Å². The summed E-state index contributed by atoms with van der Waals surface area (Å²) in [6, 6.07) is 17.9. The van der Waals surface area contributed by atoms with E-state index in [1.807, 2.05) is 67.7 Å². The molecule has 0 bridgehead atoms. The van der Waals surface area contributed by atoms with E-state index in [0.29, 0.717) is 6.42 Å². The van der Waals surface area contributed by atoms with Crippen molar-refractivity contribution in [2.45, 2.75) is 25.9 Å². The molecule has 2 aromatic carbocycles. The Labute approximate surface area is 170 Å². The number of carboxylic acids is 1. The number of hydrogen-bond acceptors (Lipinski definition) is 3. The van der Waals surface area contributed by atoms with Gasteiger partial charge in [0.15, 0.2) is 0 Å². The maximum Gasteiger partial charge on any atom is 0.490 e. The number of hydrogen-bond donors (Lipinski definition) is 3. The lowest BCUT2D eigenvalue weighted by atomic mass is 10.1. The largest absolute Gasteiger partial charge is 0.490 e. The Morgan fingerprint density at radius 2 is 1.67 bits per heavy atom. The van der Waals surface area contributed by atoms with Crippen molar-refractivity contribution in [1.29, 1.82) is 0 Å². The zero-order valence-corrected chi connectivity index (χ0v) is 16.0. The first-order valence-electron chi connectivity index (χ1n) is 8.91. The number of aromatic nitrogens is 2. The summed E-state index contributed by atoms with van der Waals surface area (Å²) >= 11 is 0.